The number of benzene rings is 2. The van der Waals surface area contributed by atoms with E-state index in [1.54, 1.807) is 24.4 Å². The quantitative estimate of drug-likeness (QED) is 0.413. The van der Waals surface area contributed by atoms with Crippen LogP contribution >= 0.6 is 11.6 Å². The maximum absolute atomic E-state index is 13.6. The van der Waals surface area contributed by atoms with Crippen LogP contribution < -0.4 is 26.4 Å². The first-order valence-corrected chi connectivity index (χ1v) is 12.7. The molecule has 0 bridgehead atoms. The number of nitrogens with zero attached hydrogens (tertiary/aromatic N) is 3. The predicted octanol–water partition coefficient (Wildman–Crippen LogP) is 4.41. The van der Waals surface area contributed by atoms with Crippen LogP contribution in [0, 0.1) is 5.41 Å². The van der Waals surface area contributed by atoms with Crippen molar-refractivity contribution < 1.29 is 9.57 Å². The van der Waals surface area contributed by atoms with Crippen LogP contribution in [0.1, 0.15) is 32.6 Å². The summed E-state index contributed by atoms with van der Waals surface area (Å²) in [5, 5.41) is 8.66. The maximum atomic E-state index is 13.6. The third-order valence-corrected chi connectivity index (χ3v) is 7.48. The molecule has 0 atom stereocenters. The molecule has 3 aromatic rings. The number of ether oxygens (including phenoxy) is 1. The smallest absolute Gasteiger partial charge is 0.316 e. The highest BCUT2D eigenvalue weighted by Crippen LogP contribution is 2.45. The molecule has 1 saturated heterocycles. The Morgan fingerprint density at radius 1 is 1.06 bits per heavy atom. The van der Waals surface area contributed by atoms with Crippen molar-refractivity contribution in [3.63, 3.8) is 0 Å². The monoisotopic (exact) mass is 509 g/mol. The summed E-state index contributed by atoms with van der Waals surface area (Å²) in [5.74, 6) is 5.85. The number of anilines is 2. The van der Waals surface area contributed by atoms with Gasteiger partial charge < -0.3 is 19.8 Å². The van der Waals surface area contributed by atoms with Crippen molar-refractivity contribution in [3.8, 4) is 11.4 Å². The molecule has 2 fully saturated rings. The van der Waals surface area contributed by atoms with Crippen LogP contribution in [0.3, 0.4) is 0 Å². The Morgan fingerprint density at radius 3 is 2.47 bits per heavy atom. The zero-order chi connectivity index (χ0) is 25.2. The molecule has 3 N–H and O–H groups in total. The highest BCUT2D eigenvalue weighted by Gasteiger charge is 2.40. The van der Waals surface area contributed by atoms with Gasteiger partial charge in [-0.1, -0.05) is 42.8 Å². The van der Waals surface area contributed by atoms with Crippen LogP contribution in [-0.4, -0.2) is 41.6 Å². The summed E-state index contributed by atoms with van der Waals surface area (Å²) in [4.78, 5) is 20.9. The van der Waals surface area contributed by atoms with Crippen LogP contribution in [0.5, 0.6) is 5.75 Å². The van der Waals surface area contributed by atoms with Gasteiger partial charge in [0.05, 0.1) is 30.6 Å². The fourth-order valence-corrected chi connectivity index (χ4v) is 4.84. The minimum atomic E-state index is -0.307. The summed E-state index contributed by atoms with van der Waals surface area (Å²) in [6.07, 6.45) is 5.48. The lowest BCUT2D eigenvalue weighted by Gasteiger charge is -2.43. The molecule has 2 aromatic carbocycles. The van der Waals surface area contributed by atoms with E-state index in [2.05, 4.69) is 22.2 Å². The highest BCUT2D eigenvalue weighted by atomic mass is 35.5. The van der Waals surface area contributed by atoms with Gasteiger partial charge in [-0.3, -0.25) is 4.79 Å². The van der Waals surface area contributed by atoms with Gasteiger partial charge in [-0.2, -0.15) is 9.78 Å². The van der Waals surface area contributed by atoms with E-state index in [1.165, 1.54) is 4.68 Å². The average Bonchev–Trinajstić information content (AvgIpc) is 3.61. The molecule has 8 nitrogen and oxygen atoms in total. The summed E-state index contributed by atoms with van der Waals surface area (Å²) >= 11 is 6.17. The molecule has 1 saturated carbocycles. The third-order valence-electron chi connectivity index (χ3n) is 7.24. The molecular weight excluding hydrogens is 478 g/mol. The lowest BCUT2D eigenvalue weighted by Crippen LogP contribution is -2.53. The number of rotatable bonds is 9. The molecule has 2 heterocycles. The molecule has 0 unspecified atom stereocenters. The first kappa shape index (κ1) is 24.6. The van der Waals surface area contributed by atoms with Crippen molar-refractivity contribution in [2.24, 2.45) is 11.3 Å². The van der Waals surface area contributed by atoms with Crippen molar-refractivity contribution in [2.75, 3.05) is 36.5 Å². The van der Waals surface area contributed by atoms with Crippen molar-refractivity contribution in [1.82, 2.24) is 9.78 Å². The number of hydrogen-bond acceptors (Lipinski definition) is 7. The molecule has 0 radical (unpaired) electrons. The molecule has 2 aliphatic rings. The first-order valence-electron chi connectivity index (χ1n) is 12.3. The van der Waals surface area contributed by atoms with E-state index in [4.69, 9.17) is 27.1 Å². The van der Waals surface area contributed by atoms with Gasteiger partial charge in [0, 0.05) is 29.2 Å². The number of para-hydroxylation sites is 1. The van der Waals surface area contributed by atoms with E-state index in [0.717, 1.165) is 31.4 Å². The second-order valence-corrected chi connectivity index (χ2v) is 10.7. The first-order chi connectivity index (χ1) is 17.4. The number of halogens is 1. The summed E-state index contributed by atoms with van der Waals surface area (Å²) in [6, 6.07) is 17.2. The number of hydrogen-bond donors (Lipinski definition) is 2. The fourth-order valence-electron chi connectivity index (χ4n) is 4.65. The summed E-state index contributed by atoms with van der Waals surface area (Å²) in [5.41, 5.74) is 1.87. The number of aromatic nitrogens is 2. The molecule has 1 aliphatic heterocycles. The van der Waals surface area contributed by atoms with Crippen molar-refractivity contribution in [1.29, 1.82) is 0 Å². The average molecular weight is 510 g/mol. The Morgan fingerprint density at radius 2 is 1.81 bits per heavy atom. The van der Waals surface area contributed by atoms with Gasteiger partial charge in [0.1, 0.15) is 5.69 Å². The normalized spacial score (nSPS) is 18.0. The molecule has 0 amide bonds. The maximum Gasteiger partial charge on any atom is 0.316 e. The summed E-state index contributed by atoms with van der Waals surface area (Å²) in [7, 11) is 0. The molecule has 190 valence electrons. The van der Waals surface area contributed by atoms with E-state index in [0.29, 0.717) is 48.5 Å². The minimum Gasteiger partial charge on any atom is -0.486 e. The van der Waals surface area contributed by atoms with Gasteiger partial charge >= 0.3 is 5.56 Å². The van der Waals surface area contributed by atoms with Crippen molar-refractivity contribution in [2.45, 2.75) is 38.1 Å². The van der Waals surface area contributed by atoms with Gasteiger partial charge in [-0.05, 0) is 56.0 Å². The summed E-state index contributed by atoms with van der Waals surface area (Å²) < 4.78 is 7.58. The Hall–Kier alpha value is -3.07. The molecule has 0 spiro atoms. The zero-order valence-corrected chi connectivity index (χ0v) is 21.2. The van der Waals surface area contributed by atoms with E-state index in [9.17, 15) is 4.79 Å². The molecule has 1 aliphatic carbocycles. The predicted molar refractivity (Wildman–Crippen MR) is 142 cm³/mol. The molecule has 9 heteroatoms. The molecule has 36 heavy (non-hydrogen) atoms. The Kier molecular flexibility index (Phi) is 6.92. The standard InChI is InChI=1S/C27H32ClN5O3/c1-26(10-11-26)18-35-24-23(17-30-33(25(24)34)22-9-5-6-20(28)16-22)32-14-12-27(13-15-32,19-36-29)31-21-7-3-2-4-8-21/h2-9,16-17,31H,10-15,18-19,29H2,1H3. The van der Waals surface area contributed by atoms with Crippen molar-refractivity contribution in [3.05, 3.63) is 76.2 Å². The van der Waals surface area contributed by atoms with E-state index in [-0.39, 0.29) is 16.5 Å². The van der Waals surface area contributed by atoms with Gasteiger partial charge in [0.25, 0.3) is 0 Å². The van der Waals surface area contributed by atoms with Crippen LogP contribution in [0.4, 0.5) is 11.4 Å². The molecule has 5 rings (SSSR count). The van der Waals surface area contributed by atoms with Gasteiger partial charge in [-0.25, -0.2) is 5.90 Å². The SMILES string of the molecule is CC1(COc2c(N3CCC(CON)(Nc4ccccc4)CC3)cnn(-c3cccc(Cl)c3)c2=O)CC1. The number of piperidine rings is 1. The van der Waals surface area contributed by atoms with Gasteiger partial charge in [0.2, 0.25) is 5.75 Å². The third kappa shape index (κ3) is 5.36. The fraction of sp³-hybridized carbons (Fsp3) is 0.407. The second kappa shape index (κ2) is 10.1. The van der Waals surface area contributed by atoms with Crippen LogP contribution in [0.15, 0.2) is 65.6 Å². The highest BCUT2D eigenvalue weighted by molar-refractivity contribution is 6.30. The minimum absolute atomic E-state index is 0.128. The van der Waals surface area contributed by atoms with Gasteiger partial charge in [0.15, 0.2) is 0 Å². The van der Waals surface area contributed by atoms with Crippen molar-refractivity contribution >= 4 is 23.0 Å². The number of nitrogens with one attached hydrogen (secondary N) is 1. The second-order valence-electron chi connectivity index (χ2n) is 10.2. The Labute approximate surface area is 215 Å². The van der Waals surface area contributed by atoms with Crippen LogP contribution in [0.25, 0.3) is 5.69 Å². The summed E-state index contributed by atoms with van der Waals surface area (Å²) in [6.45, 7) is 4.45. The van der Waals surface area contributed by atoms with Crippen LogP contribution in [-0.2, 0) is 4.84 Å². The number of nitrogens with two attached hydrogens (primary N) is 1. The van der Waals surface area contributed by atoms with Crippen LogP contribution in [0.2, 0.25) is 5.02 Å². The Bertz CT molecular complexity index is 1250. The lowest BCUT2D eigenvalue weighted by atomic mass is 9.87. The molecular formula is C27H32ClN5O3. The van der Waals surface area contributed by atoms with E-state index < -0.39 is 0 Å². The topological polar surface area (TPSA) is 94.6 Å². The van der Waals surface area contributed by atoms with E-state index in [1.807, 2.05) is 36.4 Å². The zero-order valence-electron chi connectivity index (χ0n) is 20.5. The Balaban J connectivity index is 1.42. The lowest BCUT2D eigenvalue weighted by molar-refractivity contribution is 0.0835. The largest absolute Gasteiger partial charge is 0.486 e. The molecule has 1 aromatic heterocycles. The van der Waals surface area contributed by atoms with Gasteiger partial charge in [-0.15, -0.1) is 0 Å². The van der Waals surface area contributed by atoms with E-state index >= 15 is 0 Å².